The van der Waals surface area contributed by atoms with Gasteiger partial charge in [0.2, 0.25) is 0 Å². The summed E-state index contributed by atoms with van der Waals surface area (Å²) in [6.45, 7) is 3.79. The van der Waals surface area contributed by atoms with E-state index < -0.39 is 5.97 Å². The van der Waals surface area contributed by atoms with Gasteiger partial charge in [-0.1, -0.05) is 6.07 Å². The van der Waals surface area contributed by atoms with E-state index in [1.807, 2.05) is 13.8 Å². The summed E-state index contributed by atoms with van der Waals surface area (Å²) in [6.07, 6.45) is 1.24. The van der Waals surface area contributed by atoms with Crippen LogP contribution in [0, 0.1) is 0 Å². The van der Waals surface area contributed by atoms with Crippen molar-refractivity contribution < 1.29 is 14.6 Å². The van der Waals surface area contributed by atoms with Crippen molar-refractivity contribution in [2.45, 2.75) is 20.0 Å². The molecule has 1 N–H and O–H groups in total. The molecule has 0 amide bonds. The van der Waals surface area contributed by atoms with Crippen molar-refractivity contribution in [3.8, 4) is 5.75 Å². The first kappa shape index (κ1) is 14.1. The molecule has 0 radical (unpaired) electrons. The summed E-state index contributed by atoms with van der Waals surface area (Å²) in [5, 5.41) is 9.42. The van der Waals surface area contributed by atoms with Crippen LogP contribution < -0.4 is 10.3 Å². The summed E-state index contributed by atoms with van der Waals surface area (Å²) in [4.78, 5) is 28.1. The molecule has 0 aliphatic carbocycles. The fraction of sp³-hybridized carbons (Fsp3) is 0.188. The van der Waals surface area contributed by atoms with Crippen LogP contribution in [0.25, 0.3) is 16.6 Å². The molecule has 3 rings (SSSR count). The van der Waals surface area contributed by atoms with E-state index in [1.54, 1.807) is 18.2 Å². The number of pyridine rings is 1. The standard InChI is InChI=1S/C16H14N2O4/c1-9(2)22-12-5-3-4-11-14(12)17-13-7-6-10(16(20)21)8-18(13)15(11)19/h3-9H,1-2H3,(H,20,21). The van der Waals surface area contributed by atoms with Crippen molar-refractivity contribution in [1.29, 1.82) is 0 Å². The third-order valence-electron chi connectivity index (χ3n) is 3.21. The Bertz CT molecular complexity index is 944. The first-order chi connectivity index (χ1) is 10.5. The van der Waals surface area contributed by atoms with Crippen LogP contribution in [0.3, 0.4) is 0 Å². The zero-order valence-corrected chi connectivity index (χ0v) is 12.1. The summed E-state index contributed by atoms with van der Waals surface area (Å²) >= 11 is 0. The Balaban J connectivity index is 2.36. The van der Waals surface area contributed by atoms with E-state index in [-0.39, 0.29) is 17.2 Å². The number of carbonyl (C=O) groups is 1. The van der Waals surface area contributed by atoms with Crippen LogP contribution in [0.15, 0.2) is 41.3 Å². The van der Waals surface area contributed by atoms with Crippen LogP contribution >= 0.6 is 0 Å². The van der Waals surface area contributed by atoms with Gasteiger partial charge in [0.05, 0.1) is 17.1 Å². The number of aromatic carboxylic acids is 1. The van der Waals surface area contributed by atoms with E-state index in [1.165, 1.54) is 22.7 Å². The van der Waals surface area contributed by atoms with Gasteiger partial charge in [0, 0.05) is 6.20 Å². The highest BCUT2D eigenvalue weighted by molar-refractivity contribution is 5.89. The molecule has 22 heavy (non-hydrogen) atoms. The van der Waals surface area contributed by atoms with Crippen LogP contribution in [0.1, 0.15) is 24.2 Å². The molecule has 0 atom stereocenters. The van der Waals surface area contributed by atoms with E-state index in [0.717, 1.165) is 0 Å². The molecule has 0 fully saturated rings. The van der Waals surface area contributed by atoms with E-state index in [9.17, 15) is 9.59 Å². The van der Waals surface area contributed by atoms with E-state index in [2.05, 4.69) is 4.98 Å². The number of nitrogens with zero attached hydrogens (tertiary/aromatic N) is 2. The van der Waals surface area contributed by atoms with Crippen molar-refractivity contribution in [2.75, 3.05) is 0 Å². The lowest BCUT2D eigenvalue weighted by molar-refractivity contribution is 0.0696. The predicted octanol–water partition coefficient (Wildman–Crippen LogP) is 2.33. The molecule has 0 saturated carbocycles. The van der Waals surface area contributed by atoms with Gasteiger partial charge in [-0.05, 0) is 38.1 Å². The van der Waals surface area contributed by atoms with Crippen molar-refractivity contribution in [3.05, 3.63) is 52.4 Å². The largest absolute Gasteiger partial charge is 0.489 e. The number of ether oxygens (including phenoxy) is 1. The average Bonchev–Trinajstić information content (AvgIpc) is 2.47. The monoisotopic (exact) mass is 298 g/mol. The lowest BCUT2D eigenvalue weighted by atomic mass is 10.2. The molecule has 2 aromatic heterocycles. The van der Waals surface area contributed by atoms with E-state index >= 15 is 0 Å². The first-order valence-corrected chi connectivity index (χ1v) is 6.82. The minimum absolute atomic E-state index is 0.0327. The molecule has 6 heteroatoms. The predicted molar refractivity (Wildman–Crippen MR) is 81.7 cm³/mol. The first-order valence-electron chi connectivity index (χ1n) is 6.82. The van der Waals surface area contributed by atoms with Crippen LogP contribution in [-0.2, 0) is 0 Å². The lowest BCUT2D eigenvalue weighted by Gasteiger charge is -2.12. The Hall–Kier alpha value is -2.89. The molecule has 112 valence electrons. The molecular weight excluding hydrogens is 284 g/mol. The number of para-hydroxylation sites is 1. The van der Waals surface area contributed by atoms with Gasteiger partial charge in [0.1, 0.15) is 16.9 Å². The van der Waals surface area contributed by atoms with Crippen LogP contribution in [-0.4, -0.2) is 26.6 Å². The number of benzene rings is 1. The maximum absolute atomic E-state index is 12.6. The summed E-state index contributed by atoms with van der Waals surface area (Å²) in [7, 11) is 0. The number of carboxylic acid groups (broad SMARTS) is 1. The molecule has 0 aliphatic rings. The molecule has 1 aromatic carbocycles. The second-order valence-corrected chi connectivity index (χ2v) is 5.19. The van der Waals surface area contributed by atoms with Gasteiger partial charge in [-0.15, -0.1) is 0 Å². The fourth-order valence-corrected chi connectivity index (χ4v) is 2.28. The van der Waals surface area contributed by atoms with Crippen molar-refractivity contribution >= 4 is 22.5 Å². The highest BCUT2D eigenvalue weighted by Crippen LogP contribution is 2.23. The average molecular weight is 298 g/mol. The third kappa shape index (κ3) is 2.28. The maximum Gasteiger partial charge on any atom is 0.337 e. The zero-order chi connectivity index (χ0) is 15.9. The van der Waals surface area contributed by atoms with Crippen molar-refractivity contribution in [2.24, 2.45) is 0 Å². The molecule has 2 heterocycles. The number of hydrogen-bond acceptors (Lipinski definition) is 4. The number of hydrogen-bond donors (Lipinski definition) is 1. The summed E-state index contributed by atoms with van der Waals surface area (Å²) < 4.78 is 6.93. The van der Waals surface area contributed by atoms with Crippen LogP contribution in [0.5, 0.6) is 5.75 Å². The highest BCUT2D eigenvalue weighted by Gasteiger charge is 2.12. The molecule has 0 spiro atoms. The van der Waals surface area contributed by atoms with Gasteiger partial charge < -0.3 is 9.84 Å². The molecule has 0 aliphatic heterocycles. The van der Waals surface area contributed by atoms with E-state index in [4.69, 9.17) is 9.84 Å². The van der Waals surface area contributed by atoms with Crippen molar-refractivity contribution in [1.82, 2.24) is 9.38 Å². The Kier molecular flexibility index (Phi) is 3.29. The zero-order valence-electron chi connectivity index (χ0n) is 12.1. The molecule has 0 unspecified atom stereocenters. The van der Waals surface area contributed by atoms with E-state index in [0.29, 0.717) is 22.3 Å². The van der Waals surface area contributed by atoms with Crippen LogP contribution in [0.4, 0.5) is 0 Å². The third-order valence-corrected chi connectivity index (χ3v) is 3.21. The Morgan fingerprint density at radius 2 is 2.05 bits per heavy atom. The minimum Gasteiger partial charge on any atom is -0.489 e. The highest BCUT2D eigenvalue weighted by atomic mass is 16.5. The second-order valence-electron chi connectivity index (χ2n) is 5.19. The lowest BCUT2D eigenvalue weighted by Crippen LogP contribution is -2.17. The number of rotatable bonds is 3. The Morgan fingerprint density at radius 1 is 1.27 bits per heavy atom. The molecule has 6 nitrogen and oxygen atoms in total. The summed E-state index contributed by atoms with van der Waals surface area (Å²) in [5.41, 5.74) is 0.564. The summed E-state index contributed by atoms with van der Waals surface area (Å²) in [6, 6.07) is 8.06. The fourth-order valence-electron chi connectivity index (χ4n) is 2.28. The number of carboxylic acids is 1. The smallest absolute Gasteiger partial charge is 0.337 e. The molecule has 0 saturated heterocycles. The Labute approximate surface area is 125 Å². The maximum atomic E-state index is 12.6. The van der Waals surface area contributed by atoms with Gasteiger partial charge in [-0.3, -0.25) is 9.20 Å². The molecule has 0 bridgehead atoms. The van der Waals surface area contributed by atoms with Gasteiger partial charge in [-0.25, -0.2) is 9.78 Å². The van der Waals surface area contributed by atoms with Gasteiger partial charge >= 0.3 is 5.97 Å². The number of fused-ring (bicyclic) bond motifs is 2. The second kappa shape index (κ2) is 5.14. The minimum atomic E-state index is -1.09. The van der Waals surface area contributed by atoms with Gasteiger partial charge in [0.25, 0.3) is 5.56 Å². The normalized spacial score (nSPS) is 11.2. The number of aromatic nitrogens is 2. The topological polar surface area (TPSA) is 80.9 Å². The molecular formula is C16H14N2O4. The van der Waals surface area contributed by atoms with Crippen LogP contribution in [0.2, 0.25) is 0 Å². The quantitative estimate of drug-likeness (QED) is 0.751. The summed E-state index contributed by atoms with van der Waals surface area (Å²) in [5.74, 6) is -0.555. The van der Waals surface area contributed by atoms with Crippen molar-refractivity contribution in [3.63, 3.8) is 0 Å². The Morgan fingerprint density at radius 3 is 2.73 bits per heavy atom. The molecule has 3 aromatic rings. The van der Waals surface area contributed by atoms with Gasteiger partial charge in [0.15, 0.2) is 0 Å². The SMILES string of the molecule is CC(C)Oc1cccc2c(=O)n3cc(C(=O)O)ccc3nc12. The van der Waals surface area contributed by atoms with Gasteiger partial charge in [-0.2, -0.15) is 0 Å².